The summed E-state index contributed by atoms with van der Waals surface area (Å²) < 4.78 is 4.88. The minimum atomic E-state index is -0.412. The molecule has 0 spiro atoms. The topological polar surface area (TPSA) is 84.7 Å². The van der Waals surface area contributed by atoms with Crippen molar-refractivity contribution >= 4 is 17.3 Å². The first-order valence-corrected chi connectivity index (χ1v) is 8.23. The molecule has 1 saturated heterocycles. The predicted octanol–water partition coefficient (Wildman–Crippen LogP) is 2.45. The normalized spacial score (nSPS) is 20.7. The van der Waals surface area contributed by atoms with E-state index in [-0.39, 0.29) is 11.6 Å². The first kappa shape index (κ1) is 18.2. The van der Waals surface area contributed by atoms with Crippen molar-refractivity contribution in [1.82, 2.24) is 5.32 Å². The van der Waals surface area contributed by atoms with E-state index in [0.29, 0.717) is 36.2 Å². The van der Waals surface area contributed by atoms with Gasteiger partial charge in [0.25, 0.3) is 11.6 Å². The highest BCUT2D eigenvalue weighted by molar-refractivity contribution is 5.95. The molecule has 0 aliphatic carbocycles. The molecule has 1 aliphatic heterocycles. The number of anilines is 1. The number of amides is 1. The van der Waals surface area contributed by atoms with Gasteiger partial charge in [-0.05, 0) is 30.4 Å². The van der Waals surface area contributed by atoms with Crippen LogP contribution in [-0.4, -0.2) is 44.2 Å². The Labute approximate surface area is 142 Å². The zero-order chi connectivity index (χ0) is 17.7. The van der Waals surface area contributed by atoms with Crippen LogP contribution in [0, 0.1) is 22.0 Å². The number of nitro groups is 1. The Kier molecular flexibility index (Phi) is 6.14. The summed E-state index contributed by atoms with van der Waals surface area (Å²) in [5.74, 6) is 0.651. The first-order chi connectivity index (χ1) is 11.4. The molecular formula is C17H25N3O4. The van der Waals surface area contributed by atoms with E-state index in [1.165, 1.54) is 6.07 Å². The average Bonchev–Trinajstić information content (AvgIpc) is 2.53. The molecule has 1 heterocycles. The van der Waals surface area contributed by atoms with Crippen molar-refractivity contribution in [2.75, 3.05) is 38.3 Å². The van der Waals surface area contributed by atoms with Gasteiger partial charge in [0.15, 0.2) is 0 Å². The van der Waals surface area contributed by atoms with Crippen molar-refractivity contribution < 1.29 is 14.5 Å². The van der Waals surface area contributed by atoms with E-state index in [1.54, 1.807) is 19.2 Å². The molecule has 2 atom stereocenters. The van der Waals surface area contributed by atoms with Crippen molar-refractivity contribution in [3.8, 4) is 0 Å². The van der Waals surface area contributed by atoms with E-state index < -0.39 is 4.92 Å². The number of hydrogen-bond donors (Lipinski definition) is 1. The third-order valence-corrected chi connectivity index (χ3v) is 4.24. The van der Waals surface area contributed by atoms with Crippen LogP contribution in [0.1, 0.15) is 30.6 Å². The molecule has 2 unspecified atom stereocenters. The first-order valence-electron chi connectivity index (χ1n) is 8.23. The number of piperidine rings is 1. The zero-order valence-corrected chi connectivity index (χ0v) is 14.4. The lowest BCUT2D eigenvalue weighted by Crippen LogP contribution is -2.39. The third kappa shape index (κ3) is 4.44. The highest BCUT2D eigenvalue weighted by Crippen LogP contribution is 2.33. The highest BCUT2D eigenvalue weighted by Gasteiger charge is 2.27. The number of nitrogens with one attached hydrogen (secondary N) is 1. The Bertz CT molecular complexity index is 595. The molecule has 1 N–H and O–H groups in total. The minimum Gasteiger partial charge on any atom is -0.383 e. The SMILES string of the molecule is COCCNC(=O)c1ccc(N2CC(C)CC(C)C2)c([N+](=O)[O-])c1. The van der Waals surface area contributed by atoms with Gasteiger partial charge in [-0.25, -0.2) is 0 Å². The standard InChI is InChI=1S/C17H25N3O4/c1-12-8-13(2)11-19(10-12)15-5-4-14(9-16(15)20(22)23)17(21)18-6-7-24-3/h4-5,9,12-13H,6-8,10-11H2,1-3H3,(H,18,21). The van der Waals surface area contributed by atoms with Crippen LogP contribution in [0.2, 0.25) is 0 Å². The molecule has 0 radical (unpaired) electrons. The Morgan fingerprint density at radius 2 is 2.04 bits per heavy atom. The maximum absolute atomic E-state index is 12.1. The molecule has 7 heteroatoms. The number of rotatable bonds is 6. The van der Waals surface area contributed by atoms with Gasteiger partial charge < -0.3 is 15.0 Å². The number of carbonyl (C=O) groups excluding carboxylic acids is 1. The number of nitrogens with zero attached hydrogens (tertiary/aromatic N) is 2. The summed E-state index contributed by atoms with van der Waals surface area (Å²) in [5.41, 5.74) is 0.863. The molecule has 7 nitrogen and oxygen atoms in total. The van der Waals surface area contributed by atoms with Gasteiger partial charge in [-0.15, -0.1) is 0 Å². The van der Waals surface area contributed by atoms with Gasteiger partial charge in [-0.3, -0.25) is 14.9 Å². The van der Waals surface area contributed by atoms with Crippen molar-refractivity contribution in [3.05, 3.63) is 33.9 Å². The Morgan fingerprint density at radius 1 is 1.38 bits per heavy atom. The fraction of sp³-hybridized carbons (Fsp3) is 0.588. The molecule has 0 saturated carbocycles. The molecule has 1 fully saturated rings. The quantitative estimate of drug-likeness (QED) is 0.490. The van der Waals surface area contributed by atoms with Crippen molar-refractivity contribution in [2.45, 2.75) is 20.3 Å². The monoisotopic (exact) mass is 335 g/mol. The molecule has 2 rings (SSSR count). The van der Waals surface area contributed by atoms with Gasteiger partial charge >= 0.3 is 0 Å². The largest absolute Gasteiger partial charge is 0.383 e. The number of methoxy groups -OCH3 is 1. The van der Waals surface area contributed by atoms with Crippen LogP contribution >= 0.6 is 0 Å². The van der Waals surface area contributed by atoms with Crippen LogP contribution in [0.4, 0.5) is 11.4 Å². The maximum Gasteiger partial charge on any atom is 0.293 e. The predicted molar refractivity (Wildman–Crippen MR) is 92.5 cm³/mol. The molecule has 1 aromatic carbocycles. The van der Waals surface area contributed by atoms with Crippen molar-refractivity contribution in [1.29, 1.82) is 0 Å². The van der Waals surface area contributed by atoms with E-state index in [9.17, 15) is 14.9 Å². The van der Waals surface area contributed by atoms with Crippen LogP contribution in [-0.2, 0) is 4.74 Å². The Balaban J connectivity index is 2.23. The molecule has 1 aromatic rings. The van der Waals surface area contributed by atoms with E-state index in [2.05, 4.69) is 24.1 Å². The molecule has 24 heavy (non-hydrogen) atoms. The van der Waals surface area contributed by atoms with Crippen LogP contribution in [0.15, 0.2) is 18.2 Å². The summed E-state index contributed by atoms with van der Waals surface area (Å²) in [6.07, 6.45) is 1.13. The van der Waals surface area contributed by atoms with E-state index in [4.69, 9.17) is 4.74 Å². The lowest BCUT2D eigenvalue weighted by atomic mass is 9.91. The Hall–Kier alpha value is -2.15. The van der Waals surface area contributed by atoms with E-state index >= 15 is 0 Å². The third-order valence-electron chi connectivity index (χ3n) is 4.24. The number of hydrogen-bond acceptors (Lipinski definition) is 5. The summed E-state index contributed by atoms with van der Waals surface area (Å²) in [6, 6.07) is 4.70. The fourth-order valence-electron chi connectivity index (χ4n) is 3.31. The number of nitro benzene ring substituents is 1. The van der Waals surface area contributed by atoms with E-state index in [1.807, 2.05) is 0 Å². The summed E-state index contributed by atoms with van der Waals surface area (Å²) >= 11 is 0. The maximum atomic E-state index is 12.1. The molecular weight excluding hydrogens is 310 g/mol. The van der Waals surface area contributed by atoms with Crippen LogP contribution in [0.3, 0.4) is 0 Å². The van der Waals surface area contributed by atoms with Gasteiger partial charge in [0.1, 0.15) is 5.69 Å². The lowest BCUT2D eigenvalue weighted by Gasteiger charge is -2.36. The summed E-state index contributed by atoms with van der Waals surface area (Å²) in [7, 11) is 1.55. The molecule has 132 valence electrons. The van der Waals surface area contributed by atoms with Gasteiger partial charge in [0.05, 0.1) is 11.5 Å². The zero-order valence-electron chi connectivity index (χ0n) is 14.4. The van der Waals surface area contributed by atoms with Crippen LogP contribution < -0.4 is 10.2 Å². The average molecular weight is 335 g/mol. The van der Waals surface area contributed by atoms with E-state index in [0.717, 1.165) is 19.5 Å². The van der Waals surface area contributed by atoms with Gasteiger partial charge in [0.2, 0.25) is 0 Å². The fourth-order valence-corrected chi connectivity index (χ4v) is 3.31. The minimum absolute atomic E-state index is 0.0179. The summed E-state index contributed by atoms with van der Waals surface area (Å²) in [4.78, 5) is 25.2. The lowest BCUT2D eigenvalue weighted by molar-refractivity contribution is -0.384. The number of carbonyl (C=O) groups is 1. The highest BCUT2D eigenvalue weighted by atomic mass is 16.6. The molecule has 0 bridgehead atoms. The Morgan fingerprint density at radius 3 is 2.62 bits per heavy atom. The molecule has 0 aromatic heterocycles. The molecule has 1 amide bonds. The molecule has 1 aliphatic rings. The van der Waals surface area contributed by atoms with Gasteiger partial charge in [0, 0.05) is 38.4 Å². The van der Waals surface area contributed by atoms with Crippen LogP contribution in [0.5, 0.6) is 0 Å². The number of benzene rings is 1. The summed E-state index contributed by atoms with van der Waals surface area (Å²) in [5, 5.41) is 14.2. The second-order valence-corrected chi connectivity index (χ2v) is 6.56. The van der Waals surface area contributed by atoms with Crippen molar-refractivity contribution in [2.24, 2.45) is 11.8 Å². The summed E-state index contributed by atoms with van der Waals surface area (Å²) in [6.45, 7) is 6.68. The van der Waals surface area contributed by atoms with Gasteiger partial charge in [-0.1, -0.05) is 13.8 Å². The smallest absolute Gasteiger partial charge is 0.293 e. The van der Waals surface area contributed by atoms with Crippen molar-refractivity contribution in [3.63, 3.8) is 0 Å². The second kappa shape index (κ2) is 8.10. The van der Waals surface area contributed by atoms with Gasteiger partial charge in [-0.2, -0.15) is 0 Å². The second-order valence-electron chi connectivity index (χ2n) is 6.56. The number of ether oxygens (including phenoxy) is 1. The van der Waals surface area contributed by atoms with Crippen LogP contribution in [0.25, 0.3) is 0 Å².